The number of carbonyl (C=O) groups excluding carboxylic acids is 2. The second-order valence-electron chi connectivity index (χ2n) is 6.65. The third kappa shape index (κ3) is 2.69. The predicted molar refractivity (Wildman–Crippen MR) is 72.4 cm³/mol. The van der Waals surface area contributed by atoms with Crippen molar-refractivity contribution >= 4 is 11.8 Å². The topological polar surface area (TPSA) is 49.4 Å². The molecule has 0 unspecified atom stereocenters. The molecule has 3 fully saturated rings. The van der Waals surface area contributed by atoms with Gasteiger partial charge in [-0.3, -0.25) is 14.5 Å². The van der Waals surface area contributed by atoms with Crippen molar-refractivity contribution in [1.29, 1.82) is 0 Å². The fourth-order valence-electron chi connectivity index (χ4n) is 4.04. The van der Waals surface area contributed by atoms with Crippen LogP contribution in [-0.2, 0) is 9.59 Å². The van der Waals surface area contributed by atoms with Crippen LogP contribution in [0.5, 0.6) is 0 Å². The van der Waals surface area contributed by atoms with Crippen LogP contribution in [0, 0.1) is 11.3 Å². The van der Waals surface area contributed by atoms with Crippen LogP contribution in [0.1, 0.15) is 51.4 Å². The number of hydrogen-bond donors (Lipinski definition) is 1. The highest BCUT2D eigenvalue weighted by Gasteiger charge is 2.45. The standard InChI is InChI=1S/C15H24N2O2/c18-13-9-15(5-1-2-6-15)10-14(19)17(13)11-12-3-7-16-8-4-12/h12,16H,1-11H2. The first-order valence-electron chi connectivity index (χ1n) is 7.72. The lowest BCUT2D eigenvalue weighted by Gasteiger charge is -2.39. The van der Waals surface area contributed by atoms with E-state index >= 15 is 0 Å². The number of likely N-dealkylation sites (tertiary alicyclic amines) is 1. The Morgan fingerprint density at radius 1 is 1.05 bits per heavy atom. The molecule has 0 radical (unpaired) electrons. The quantitative estimate of drug-likeness (QED) is 0.772. The van der Waals surface area contributed by atoms with E-state index in [0.29, 0.717) is 25.3 Å². The van der Waals surface area contributed by atoms with Gasteiger partial charge in [0.2, 0.25) is 11.8 Å². The lowest BCUT2D eigenvalue weighted by atomic mass is 9.76. The van der Waals surface area contributed by atoms with Crippen LogP contribution in [0.4, 0.5) is 0 Å². The summed E-state index contributed by atoms with van der Waals surface area (Å²) in [6.45, 7) is 2.70. The van der Waals surface area contributed by atoms with Crippen molar-refractivity contribution in [2.45, 2.75) is 51.4 Å². The van der Waals surface area contributed by atoms with Crippen molar-refractivity contribution in [2.24, 2.45) is 11.3 Å². The van der Waals surface area contributed by atoms with Gasteiger partial charge in [0.05, 0.1) is 0 Å². The van der Waals surface area contributed by atoms with Gasteiger partial charge in [-0.15, -0.1) is 0 Å². The van der Waals surface area contributed by atoms with Crippen LogP contribution >= 0.6 is 0 Å². The summed E-state index contributed by atoms with van der Waals surface area (Å²) in [4.78, 5) is 26.2. The smallest absolute Gasteiger partial charge is 0.229 e. The lowest BCUT2D eigenvalue weighted by molar-refractivity contribution is -0.154. The van der Waals surface area contributed by atoms with Gasteiger partial charge in [-0.2, -0.15) is 0 Å². The maximum absolute atomic E-state index is 12.3. The van der Waals surface area contributed by atoms with Crippen molar-refractivity contribution in [3.8, 4) is 0 Å². The minimum Gasteiger partial charge on any atom is -0.317 e. The average Bonchev–Trinajstić information content (AvgIpc) is 2.83. The van der Waals surface area contributed by atoms with E-state index < -0.39 is 0 Å². The van der Waals surface area contributed by atoms with Crippen LogP contribution in [0.3, 0.4) is 0 Å². The molecule has 1 saturated carbocycles. The molecule has 19 heavy (non-hydrogen) atoms. The van der Waals surface area contributed by atoms with Gasteiger partial charge >= 0.3 is 0 Å². The molecule has 4 heteroatoms. The summed E-state index contributed by atoms with van der Waals surface area (Å²) >= 11 is 0. The van der Waals surface area contributed by atoms with E-state index in [1.807, 2.05) is 0 Å². The Balaban J connectivity index is 1.63. The molecule has 106 valence electrons. The summed E-state index contributed by atoms with van der Waals surface area (Å²) in [5.41, 5.74) is 0.0405. The molecule has 2 aliphatic heterocycles. The molecule has 2 saturated heterocycles. The molecule has 2 heterocycles. The molecule has 0 aromatic rings. The molecule has 3 rings (SSSR count). The lowest BCUT2D eigenvalue weighted by Crippen LogP contribution is -2.49. The van der Waals surface area contributed by atoms with E-state index in [-0.39, 0.29) is 17.2 Å². The third-order valence-electron chi connectivity index (χ3n) is 5.22. The van der Waals surface area contributed by atoms with Crippen LogP contribution in [-0.4, -0.2) is 36.3 Å². The number of hydrogen-bond acceptors (Lipinski definition) is 3. The molecule has 0 bridgehead atoms. The number of nitrogens with one attached hydrogen (secondary N) is 1. The molecule has 3 aliphatic rings. The van der Waals surface area contributed by atoms with Gasteiger partial charge in [0.15, 0.2) is 0 Å². The van der Waals surface area contributed by atoms with Crippen molar-refractivity contribution < 1.29 is 9.59 Å². The average molecular weight is 264 g/mol. The second kappa shape index (κ2) is 5.23. The Hall–Kier alpha value is -0.900. The van der Waals surface area contributed by atoms with E-state index in [1.54, 1.807) is 4.90 Å². The van der Waals surface area contributed by atoms with Gasteiger partial charge in [-0.25, -0.2) is 0 Å². The minimum absolute atomic E-state index is 0.0405. The Morgan fingerprint density at radius 3 is 2.21 bits per heavy atom. The summed E-state index contributed by atoms with van der Waals surface area (Å²) in [6, 6.07) is 0. The largest absolute Gasteiger partial charge is 0.317 e. The maximum atomic E-state index is 12.3. The van der Waals surface area contributed by atoms with E-state index in [1.165, 1.54) is 12.8 Å². The van der Waals surface area contributed by atoms with Crippen molar-refractivity contribution in [3.05, 3.63) is 0 Å². The molecule has 1 aliphatic carbocycles. The highest BCUT2D eigenvalue weighted by molar-refractivity contribution is 5.98. The van der Waals surface area contributed by atoms with E-state index in [9.17, 15) is 9.59 Å². The first-order chi connectivity index (χ1) is 9.19. The van der Waals surface area contributed by atoms with Crippen LogP contribution in [0.25, 0.3) is 0 Å². The van der Waals surface area contributed by atoms with Crippen molar-refractivity contribution in [3.63, 3.8) is 0 Å². The summed E-state index contributed by atoms with van der Waals surface area (Å²) in [5.74, 6) is 0.695. The zero-order chi connectivity index (χ0) is 13.3. The van der Waals surface area contributed by atoms with Crippen molar-refractivity contribution in [1.82, 2.24) is 10.2 Å². The minimum atomic E-state index is 0.0405. The number of imide groups is 1. The Labute approximate surface area is 114 Å². The summed E-state index contributed by atoms with van der Waals surface area (Å²) in [5, 5.41) is 3.33. The molecule has 0 aromatic carbocycles. The Morgan fingerprint density at radius 2 is 1.63 bits per heavy atom. The second-order valence-corrected chi connectivity index (χ2v) is 6.65. The normalized spacial score (nSPS) is 28.3. The number of nitrogens with zero attached hydrogens (tertiary/aromatic N) is 1. The zero-order valence-electron chi connectivity index (χ0n) is 11.6. The molecule has 1 spiro atoms. The summed E-state index contributed by atoms with van der Waals surface area (Å²) < 4.78 is 0. The van der Waals surface area contributed by atoms with Crippen molar-refractivity contribution in [2.75, 3.05) is 19.6 Å². The molecule has 0 atom stereocenters. The molecule has 0 aromatic heterocycles. The van der Waals surface area contributed by atoms with E-state index in [2.05, 4.69) is 5.32 Å². The number of piperidine rings is 2. The Kier molecular flexibility index (Phi) is 3.61. The summed E-state index contributed by atoms with van der Waals surface area (Å²) in [6.07, 6.45) is 7.93. The fraction of sp³-hybridized carbons (Fsp3) is 0.867. The number of amides is 2. The molecule has 2 amide bonds. The molecular formula is C15H24N2O2. The maximum Gasteiger partial charge on any atom is 0.229 e. The fourth-order valence-corrected chi connectivity index (χ4v) is 4.04. The van der Waals surface area contributed by atoms with E-state index in [0.717, 1.165) is 38.8 Å². The van der Waals surface area contributed by atoms with Gasteiger partial charge < -0.3 is 5.32 Å². The molecule has 1 N–H and O–H groups in total. The van der Waals surface area contributed by atoms with Gasteiger partial charge in [-0.05, 0) is 50.1 Å². The Bertz CT molecular complexity index is 348. The van der Waals surface area contributed by atoms with Gasteiger partial charge in [0, 0.05) is 19.4 Å². The van der Waals surface area contributed by atoms with Crippen LogP contribution in [0.2, 0.25) is 0 Å². The van der Waals surface area contributed by atoms with Crippen LogP contribution in [0.15, 0.2) is 0 Å². The van der Waals surface area contributed by atoms with Gasteiger partial charge in [0.25, 0.3) is 0 Å². The summed E-state index contributed by atoms with van der Waals surface area (Å²) in [7, 11) is 0. The number of rotatable bonds is 2. The first kappa shape index (κ1) is 13.1. The highest BCUT2D eigenvalue weighted by Crippen LogP contribution is 2.47. The SMILES string of the molecule is O=C1CC2(CCCC2)CC(=O)N1CC1CCNCC1. The monoisotopic (exact) mass is 264 g/mol. The number of carbonyl (C=O) groups is 2. The molecule has 4 nitrogen and oxygen atoms in total. The van der Waals surface area contributed by atoms with Gasteiger partial charge in [0.1, 0.15) is 0 Å². The first-order valence-corrected chi connectivity index (χ1v) is 7.72. The van der Waals surface area contributed by atoms with Gasteiger partial charge in [-0.1, -0.05) is 12.8 Å². The molecular weight excluding hydrogens is 240 g/mol. The third-order valence-corrected chi connectivity index (χ3v) is 5.22. The van der Waals surface area contributed by atoms with Crippen LogP contribution < -0.4 is 5.32 Å². The zero-order valence-corrected chi connectivity index (χ0v) is 11.6. The van der Waals surface area contributed by atoms with E-state index in [4.69, 9.17) is 0 Å². The highest BCUT2D eigenvalue weighted by atomic mass is 16.2. The predicted octanol–water partition coefficient (Wildman–Crippen LogP) is 1.70.